The van der Waals surface area contributed by atoms with E-state index < -0.39 is 0 Å². The lowest BCUT2D eigenvalue weighted by atomic mass is 9.84. The molecule has 0 nitrogen and oxygen atoms in total. The molecule has 2 bridgehead atoms. The Kier molecular flexibility index (Phi) is 1.20. The van der Waals surface area contributed by atoms with Gasteiger partial charge in [-0.05, 0) is 41.7 Å². The average molecular weight is 181 g/mol. The predicted octanol–water partition coefficient (Wildman–Crippen LogP) is 3.11. The van der Waals surface area contributed by atoms with Crippen LogP contribution < -0.4 is 0 Å². The maximum absolute atomic E-state index is 2.43. The Morgan fingerprint density at radius 1 is 1.07 bits per heavy atom. The van der Waals surface area contributed by atoms with Crippen molar-refractivity contribution in [2.24, 2.45) is 11.8 Å². The third-order valence-electron chi connectivity index (χ3n) is 4.25. The summed E-state index contributed by atoms with van der Waals surface area (Å²) in [5.74, 6) is 4.25. The van der Waals surface area contributed by atoms with Crippen LogP contribution in [0.2, 0.25) is 0 Å². The van der Waals surface area contributed by atoms with E-state index in [4.69, 9.17) is 0 Å². The Bertz CT molecular complexity index is 416. The van der Waals surface area contributed by atoms with Crippen LogP contribution in [0.5, 0.6) is 0 Å². The molecule has 0 N–H and O–H groups in total. The van der Waals surface area contributed by atoms with E-state index in [0.717, 1.165) is 17.8 Å². The molecule has 1 fully saturated rings. The summed E-state index contributed by atoms with van der Waals surface area (Å²) in [6.45, 7) is 0. The molecule has 0 saturated heterocycles. The molecule has 1 radical (unpaired) electrons. The first-order valence-corrected chi connectivity index (χ1v) is 5.55. The van der Waals surface area contributed by atoms with Crippen molar-refractivity contribution in [3.05, 3.63) is 53.5 Å². The highest BCUT2D eigenvalue weighted by Gasteiger charge is 2.49. The molecule has 0 spiro atoms. The lowest BCUT2D eigenvalue weighted by molar-refractivity contribution is 0.497. The molecule has 69 valence electrons. The molecule has 1 aromatic rings. The van der Waals surface area contributed by atoms with Crippen LogP contribution in [-0.2, 0) is 6.42 Å². The number of fused-ring (bicyclic) bond motifs is 7. The highest BCUT2D eigenvalue weighted by molar-refractivity contribution is 5.47. The molecule has 4 rings (SSSR count). The van der Waals surface area contributed by atoms with Gasteiger partial charge in [-0.2, -0.15) is 0 Å². The van der Waals surface area contributed by atoms with E-state index in [1.54, 1.807) is 17.0 Å². The molecule has 3 atom stereocenters. The first kappa shape index (κ1) is 7.28. The Hall–Kier alpha value is -1.04. The zero-order valence-electron chi connectivity index (χ0n) is 8.11. The van der Waals surface area contributed by atoms with Crippen molar-refractivity contribution in [1.29, 1.82) is 0 Å². The molecule has 0 aromatic heterocycles. The summed E-state index contributed by atoms with van der Waals surface area (Å²) in [6.07, 6.45) is 7.47. The van der Waals surface area contributed by atoms with E-state index in [0.29, 0.717) is 0 Å². The SMILES string of the molecule is C1=CC2C[C]1C1Cc3ccccc3C21. The second-order valence-electron chi connectivity index (χ2n) is 4.84. The smallest absolute Gasteiger partial charge is 0.00192 e. The highest BCUT2D eigenvalue weighted by atomic mass is 14.5. The summed E-state index contributed by atoms with van der Waals surface area (Å²) >= 11 is 0. The van der Waals surface area contributed by atoms with Gasteiger partial charge in [-0.3, -0.25) is 0 Å². The Morgan fingerprint density at radius 2 is 2.00 bits per heavy atom. The van der Waals surface area contributed by atoms with E-state index in [1.807, 2.05) is 0 Å². The molecule has 14 heavy (non-hydrogen) atoms. The molecule has 0 heteroatoms. The number of allylic oxidation sites excluding steroid dienone is 2. The number of benzene rings is 1. The molecular weight excluding hydrogens is 168 g/mol. The van der Waals surface area contributed by atoms with E-state index in [-0.39, 0.29) is 0 Å². The molecule has 3 aliphatic carbocycles. The van der Waals surface area contributed by atoms with Gasteiger partial charge in [0.25, 0.3) is 0 Å². The van der Waals surface area contributed by atoms with E-state index >= 15 is 0 Å². The minimum absolute atomic E-state index is 0.832. The van der Waals surface area contributed by atoms with E-state index in [9.17, 15) is 0 Å². The normalized spacial score (nSPS) is 37.6. The summed E-state index contributed by atoms with van der Waals surface area (Å²) in [5, 5.41) is 0. The summed E-state index contributed by atoms with van der Waals surface area (Å²) in [4.78, 5) is 0. The second kappa shape index (κ2) is 2.31. The lowest BCUT2D eigenvalue weighted by Gasteiger charge is -2.20. The Labute approximate surface area is 84.6 Å². The van der Waals surface area contributed by atoms with Gasteiger partial charge in [0.1, 0.15) is 0 Å². The quantitative estimate of drug-likeness (QED) is 0.577. The molecule has 0 heterocycles. The van der Waals surface area contributed by atoms with Crippen molar-refractivity contribution < 1.29 is 0 Å². The number of rotatable bonds is 0. The van der Waals surface area contributed by atoms with Crippen molar-refractivity contribution in [1.82, 2.24) is 0 Å². The monoisotopic (exact) mass is 181 g/mol. The maximum Gasteiger partial charge on any atom is 0.00192 e. The highest BCUT2D eigenvalue weighted by Crippen LogP contribution is 2.59. The van der Waals surface area contributed by atoms with Gasteiger partial charge < -0.3 is 0 Å². The van der Waals surface area contributed by atoms with Crippen LogP contribution in [-0.4, -0.2) is 0 Å². The molecule has 0 aliphatic heterocycles. The van der Waals surface area contributed by atoms with E-state index in [2.05, 4.69) is 36.4 Å². The fourth-order valence-electron chi connectivity index (χ4n) is 3.69. The minimum atomic E-state index is 0.832. The van der Waals surface area contributed by atoms with Gasteiger partial charge in [0, 0.05) is 5.92 Å². The molecule has 1 aromatic carbocycles. The third-order valence-corrected chi connectivity index (χ3v) is 4.25. The number of hydrogen-bond donors (Lipinski definition) is 0. The van der Waals surface area contributed by atoms with Crippen LogP contribution in [0.4, 0.5) is 0 Å². The van der Waals surface area contributed by atoms with Crippen LogP contribution in [0.1, 0.15) is 23.5 Å². The van der Waals surface area contributed by atoms with Crippen LogP contribution >= 0.6 is 0 Å². The van der Waals surface area contributed by atoms with Crippen molar-refractivity contribution in [2.75, 3.05) is 0 Å². The van der Waals surface area contributed by atoms with Crippen molar-refractivity contribution >= 4 is 0 Å². The van der Waals surface area contributed by atoms with Gasteiger partial charge >= 0.3 is 0 Å². The summed E-state index contributed by atoms with van der Waals surface area (Å²) in [5.41, 5.74) is 3.25. The van der Waals surface area contributed by atoms with Crippen molar-refractivity contribution in [3.63, 3.8) is 0 Å². The van der Waals surface area contributed by atoms with Crippen LogP contribution in [0, 0.1) is 17.8 Å². The average Bonchev–Trinajstić information content (AvgIpc) is 2.88. The largest absolute Gasteiger partial charge is 0.0842 e. The van der Waals surface area contributed by atoms with Crippen LogP contribution in [0.25, 0.3) is 0 Å². The minimum Gasteiger partial charge on any atom is -0.0842 e. The van der Waals surface area contributed by atoms with Gasteiger partial charge in [-0.25, -0.2) is 0 Å². The van der Waals surface area contributed by atoms with Gasteiger partial charge in [-0.15, -0.1) is 0 Å². The maximum atomic E-state index is 2.43. The van der Waals surface area contributed by atoms with Gasteiger partial charge in [0.2, 0.25) is 0 Å². The zero-order valence-corrected chi connectivity index (χ0v) is 8.11. The third kappa shape index (κ3) is 0.716. The van der Waals surface area contributed by atoms with Crippen molar-refractivity contribution in [2.45, 2.75) is 18.8 Å². The van der Waals surface area contributed by atoms with Crippen LogP contribution in [0.15, 0.2) is 36.4 Å². The van der Waals surface area contributed by atoms with Crippen LogP contribution in [0.3, 0.4) is 0 Å². The van der Waals surface area contributed by atoms with Gasteiger partial charge in [-0.1, -0.05) is 36.4 Å². The Balaban J connectivity index is 1.89. The Morgan fingerprint density at radius 3 is 3.00 bits per heavy atom. The summed E-state index contributed by atoms with van der Waals surface area (Å²) < 4.78 is 0. The fraction of sp³-hybridized carbons (Fsp3) is 0.357. The zero-order chi connectivity index (χ0) is 9.12. The molecule has 3 unspecified atom stereocenters. The second-order valence-corrected chi connectivity index (χ2v) is 4.84. The van der Waals surface area contributed by atoms with Gasteiger partial charge in [0.15, 0.2) is 0 Å². The van der Waals surface area contributed by atoms with E-state index in [1.165, 1.54) is 12.8 Å². The summed E-state index contributed by atoms with van der Waals surface area (Å²) in [7, 11) is 0. The summed E-state index contributed by atoms with van der Waals surface area (Å²) in [6, 6.07) is 9.03. The standard InChI is InChI=1S/C14H13/c1-2-4-12-9(3-1)8-13-10-5-6-11(7-10)14(12)13/h1-6,11,13-14H,7-8H2. The molecule has 1 saturated carbocycles. The molecule has 3 aliphatic rings. The lowest BCUT2D eigenvalue weighted by Crippen LogP contribution is -2.11. The first-order valence-electron chi connectivity index (χ1n) is 5.55. The van der Waals surface area contributed by atoms with Crippen molar-refractivity contribution in [3.8, 4) is 0 Å². The van der Waals surface area contributed by atoms with Gasteiger partial charge in [0.05, 0.1) is 0 Å². The first-order chi connectivity index (χ1) is 6.93. The predicted molar refractivity (Wildman–Crippen MR) is 56.9 cm³/mol. The topological polar surface area (TPSA) is 0 Å². The molecule has 0 amide bonds. The number of hydrogen-bond acceptors (Lipinski definition) is 0. The molecular formula is C14H13. The fourth-order valence-corrected chi connectivity index (χ4v) is 3.69.